The van der Waals surface area contributed by atoms with Crippen LogP contribution in [0.1, 0.15) is 58.8 Å². The van der Waals surface area contributed by atoms with Crippen molar-refractivity contribution in [3.05, 3.63) is 12.2 Å². The molecule has 1 fully saturated rings. The minimum absolute atomic E-state index is 0.702. The van der Waals surface area contributed by atoms with Crippen LogP contribution in [0.2, 0.25) is 0 Å². The van der Waals surface area contributed by atoms with Crippen molar-refractivity contribution in [2.24, 2.45) is 23.7 Å². The summed E-state index contributed by atoms with van der Waals surface area (Å²) in [6.45, 7) is 8.25. The summed E-state index contributed by atoms with van der Waals surface area (Å²) in [5.74, 6) is 2.91. The summed E-state index contributed by atoms with van der Waals surface area (Å²) < 4.78 is 11.9. The third-order valence-electron chi connectivity index (χ3n) is 5.20. The van der Waals surface area contributed by atoms with Gasteiger partial charge in [0.05, 0.1) is 13.2 Å². The molecule has 2 rings (SSSR count). The molecule has 2 aliphatic carbocycles. The molecule has 2 bridgehead atoms. The van der Waals surface area contributed by atoms with Crippen LogP contribution in [0.5, 0.6) is 0 Å². The van der Waals surface area contributed by atoms with Gasteiger partial charge in [-0.05, 0) is 42.9 Å². The van der Waals surface area contributed by atoms with Crippen LogP contribution in [0.25, 0.3) is 0 Å². The van der Waals surface area contributed by atoms with Gasteiger partial charge in [0, 0.05) is 13.2 Å². The van der Waals surface area contributed by atoms with Crippen LogP contribution < -0.4 is 0 Å². The topological polar surface area (TPSA) is 18.5 Å². The Morgan fingerprint density at radius 1 is 0.762 bits per heavy atom. The van der Waals surface area contributed by atoms with Crippen LogP contribution in [0.4, 0.5) is 0 Å². The van der Waals surface area contributed by atoms with Crippen LogP contribution in [-0.4, -0.2) is 26.4 Å². The zero-order chi connectivity index (χ0) is 14.9. The van der Waals surface area contributed by atoms with E-state index >= 15 is 0 Å². The Kier molecular flexibility index (Phi) is 7.81. The summed E-state index contributed by atoms with van der Waals surface area (Å²) >= 11 is 0. The second-order valence-electron chi connectivity index (χ2n) is 6.84. The molecule has 0 aromatic rings. The summed E-state index contributed by atoms with van der Waals surface area (Å²) in [5, 5.41) is 0. The highest BCUT2D eigenvalue weighted by atomic mass is 16.5. The molecule has 0 spiro atoms. The third kappa shape index (κ3) is 5.10. The van der Waals surface area contributed by atoms with Crippen molar-refractivity contribution >= 4 is 0 Å². The van der Waals surface area contributed by atoms with Crippen LogP contribution in [0, 0.1) is 23.7 Å². The maximum absolute atomic E-state index is 5.96. The average Bonchev–Trinajstić information content (AvgIpc) is 3.09. The molecule has 0 aliphatic heterocycles. The molecule has 0 saturated heterocycles. The molecule has 2 aliphatic rings. The van der Waals surface area contributed by atoms with Gasteiger partial charge < -0.3 is 9.47 Å². The largest absolute Gasteiger partial charge is 0.381 e. The lowest BCUT2D eigenvalue weighted by Gasteiger charge is -2.27. The van der Waals surface area contributed by atoms with Gasteiger partial charge in [0.1, 0.15) is 0 Å². The number of hydrogen-bond acceptors (Lipinski definition) is 2. The molecular formula is C19H34O2. The molecule has 0 heterocycles. The van der Waals surface area contributed by atoms with Crippen LogP contribution in [-0.2, 0) is 9.47 Å². The van der Waals surface area contributed by atoms with E-state index in [1.807, 2.05) is 0 Å². The van der Waals surface area contributed by atoms with E-state index in [2.05, 4.69) is 26.0 Å². The van der Waals surface area contributed by atoms with Crippen LogP contribution in [0.15, 0.2) is 12.2 Å². The Labute approximate surface area is 131 Å². The van der Waals surface area contributed by atoms with Crippen molar-refractivity contribution < 1.29 is 9.47 Å². The second-order valence-corrected chi connectivity index (χ2v) is 6.84. The maximum Gasteiger partial charge on any atom is 0.0503 e. The lowest BCUT2D eigenvalue weighted by molar-refractivity contribution is 0.0261. The predicted octanol–water partition coefficient (Wildman–Crippen LogP) is 4.84. The van der Waals surface area contributed by atoms with Crippen molar-refractivity contribution in [1.29, 1.82) is 0 Å². The minimum atomic E-state index is 0.702. The minimum Gasteiger partial charge on any atom is -0.381 e. The zero-order valence-corrected chi connectivity index (χ0v) is 14.1. The molecular weight excluding hydrogens is 260 g/mol. The zero-order valence-electron chi connectivity index (χ0n) is 14.1. The number of fused-ring (bicyclic) bond motifs is 2. The summed E-state index contributed by atoms with van der Waals surface area (Å²) in [6.07, 6.45) is 13.8. The first-order valence-electron chi connectivity index (χ1n) is 9.20. The molecule has 2 heteroatoms. The van der Waals surface area contributed by atoms with E-state index in [-0.39, 0.29) is 0 Å². The fourth-order valence-corrected chi connectivity index (χ4v) is 3.87. The molecule has 1 saturated carbocycles. The Morgan fingerprint density at radius 3 is 1.67 bits per heavy atom. The van der Waals surface area contributed by atoms with Crippen molar-refractivity contribution in [1.82, 2.24) is 0 Å². The maximum atomic E-state index is 5.96. The van der Waals surface area contributed by atoms with Gasteiger partial charge in [-0.2, -0.15) is 0 Å². The van der Waals surface area contributed by atoms with Gasteiger partial charge in [-0.15, -0.1) is 0 Å². The molecule has 21 heavy (non-hydrogen) atoms. The first-order chi connectivity index (χ1) is 10.4. The highest BCUT2D eigenvalue weighted by molar-refractivity contribution is 5.13. The first kappa shape index (κ1) is 17.0. The van der Waals surface area contributed by atoms with Gasteiger partial charge in [-0.25, -0.2) is 0 Å². The second kappa shape index (κ2) is 9.63. The average molecular weight is 294 g/mol. The Hall–Kier alpha value is -0.340. The number of rotatable bonds is 12. The first-order valence-corrected chi connectivity index (χ1v) is 9.20. The van der Waals surface area contributed by atoms with Crippen molar-refractivity contribution in [2.75, 3.05) is 26.4 Å². The third-order valence-corrected chi connectivity index (χ3v) is 5.20. The standard InChI is InChI=1S/C19H34O2/c1-3-5-7-11-20-14-18-16-9-10-17(13-16)19(18)15-21-12-8-6-4-2/h9-10,16-19H,3-8,11-15H2,1-2H3. The normalized spacial score (nSPS) is 30.4. The highest BCUT2D eigenvalue weighted by Gasteiger charge is 2.44. The molecule has 122 valence electrons. The fourth-order valence-electron chi connectivity index (χ4n) is 3.87. The Morgan fingerprint density at radius 2 is 1.24 bits per heavy atom. The Bertz CT molecular complexity index is 272. The van der Waals surface area contributed by atoms with Gasteiger partial charge in [0.15, 0.2) is 0 Å². The SMILES string of the molecule is CCCCCOCC1C2C=CC(C2)C1COCCCCC. The fraction of sp³-hybridized carbons (Fsp3) is 0.895. The van der Waals surface area contributed by atoms with Crippen molar-refractivity contribution in [3.63, 3.8) is 0 Å². The summed E-state index contributed by atoms with van der Waals surface area (Å²) in [5.41, 5.74) is 0. The molecule has 0 aromatic heterocycles. The van der Waals surface area contributed by atoms with E-state index in [1.54, 1.807) is 0 Å². The molecule has 0 amide bonds. The van der Waals surface area contributed by atoms with Crippen molar-refractivity contribution in [2.45, 2.75) is 58.8 Å². The lowest BCUT2D eigenvalue weighted by Crippen LogP contribution is -2.28. The van der Waals surface area contributed by atoms with Gasteiger partial charge in [-0.1, -0.05) is 51.7 Å². The number of hydrogen-bond donors (Lipinski definition) is 0. The monoisotopic (exact) mass is 294 g/mol. The molecule has 0 radical (unpaired) electrons. The van der Waals surface area contributed by atoms with Gasteiger partial charge in [0.2, 0.25) is 0 Å². The molecule has 0 aromatic carbocycles. The Balaban J connectivity index is 1.66. The van der Waals surface area contributed by atoms with E-state index in [0.29, 0.717) is 11.8 Å². The summed E-state index contributed by atoms with van der Waals surface area (Å²) in [6, 6.07) is 0. The number of allylic oxidation sites excluding steroid dienone is 2. The van der Waals surface area contributed by atoms with E-state index < -0.39 is 0 Å². The van der Waals surface area contributed by atoms with E-state index in [4.69, 9.17) is 9.47 Å². The van der Waals surface area contributed by atoms with E-state index in [0.717, 1.165) is 38.3 Å². The van der Waals surface area contributed by atoms with E-state index in [9.17, 15) is 0 Å². The molecule has 4 unspecified atom stereocenters. The van der Waals surface area contributed by atoms with Gasteiger partial charge >= 0.3 is 0 Å². The summed E-state index contributed by atoms with van der Waals surface area (Å²) in [7, 11) is 0. The van der Waals surface area contributed by atoms with Crippen LogP contribution in [0.3, 0.4) is 0 Å². The molecule has 2 nitrogen and oxygen atoms in total. The number of ether oxygens (including phenoxy) is 2. The lowest BCUT2D eigenvalue weighted by atomic mass is 9.84. The highest BCUT2D eigenvalue weighted by Crippen LogP contribution is 2.48. The molecule has 0 N–H and O–H groups in total. The quantitative estimate of drug-likeness (QED) is 0.379. The summed E-state index contributed by atoms with van der Waals surface area (Å²) in [4.78, 5) is 0. The number of unbranched alkanes of at least 4 members (excludes halogenated alkanes) is 4. The van der Waals surface area contributed by atoms with Crippen LogP contribution >= 0.6 is 0 Å². The smallest absolute Gasteiger partial charge is 0.0503 e. The van der Waals surface area contributed by atoms with Crippen molar-refractivity contribution in [3.8, 4) is 0 Å². The van der Waals surface area contributed by atoms with Gasteiger partial charge in [0.25, 0.3) is 0 Å². The van der Waals surface area contributed by atoms with Gasteiger partial charge in [-0.3, -0.25) is 0 Å². The molecule has 4 atom stereocenters. The predicted molar refractivity (Wildman–Crippen MR) is 88.4 cm³/mol. The van der Waals surface area contributed by atoms with E-state index in [1.165, 1.54) is 44.9 Å².